The zero-order valence-corrected chi connectivity index (χ0v) is 21.7. The number of benzene rings is 2. The van der Waals surface area contributed by atoms with Crippen LogP contribution in [0.2, 0.25) is 5.02 Å². The minimum atomic E-state index is -3.04. The molecule has 2 aromatic carbocycles. The summed E-state index contributed by atoms with van der Waals surface area (Å²) in [4.78, 5) is 41.6. The maximum Gasteiger partial charge on any atom is 0.274 e. The summed E-state index contributed by atoms with van der Waals surface area (Å²) in [6, 6.07) is 11.5. The van der Waals surface area contributed by atoms with Crippen LogP contribution in [0.3, 0.4) is 0 Å². The number of ether oxygens (including phenoxy) is 1. The molecule has 7 nitrogen and oxygen atoms in total. The van der Waals surface area contributed by atoms with Crippen molar-refractivity contribution >= 4 is 23.4 Å². The van der Waals surface area contributed by atoms with Crippen LogP contribution in [-0.4, -0.2) is 39.8 Å². The van der Waals surface area contributed by atoms with Crippen LogP contribution in [-0.2, 0) is 13.2 Å². The van der Waals surface area contributed by atoms with Gasteiger partial charge in [-0.1, -0.05) is 54.1 Å². The Bertz CT molecular complexity index is 1500. The summed E-state index contributed by atoms with van der Waals surface area (Å²) in [5, 5.41) is 2.36. The lowest BCUT2D eigenvalue weighted by Crippen LogP contribution is -2.50. The molecule has 5 rings (SSSR count). The molecule has 1 aliphatic heterocycles. The summed E-state index contributed by atoms with van der Waals surface area (Å²) in [6.45, 7) is 1.47. The number of fused-ring (bicyclic) bond motifs is 3. The van der Waals surface area contributed by atoms with E-state index in [9.17, 15) is 27.6 Å². The summed E-state index contributed by atoms with van der Waals surface area (Å²) < 4.78 is 50.7. The molecule has 204 valence electrons. The van der Waals surface area contributed by atoms with Gasteiger partial charge in [-0.2, -0.15) is 0 Å². The molecule has 0 saturated heterocycles. The fraction of sp³-hybridized carbons (Fsp3) is 0.321. The summed E-state index contributed by atoms with van der Waals surface area (Å²) in [6.07, 6.45) is 0.0451. The average Bonchev–Trinajstić information content (AvgIpc) is 3.24. The normalized spacial score (nSPS) is 19.4. The van der Waals surface area contributed by atoms with Gasteiger partial charge < -0.3 is 19.5 Å². The van der Waals surface area contributed by atoms with Crippen molar-refractivity contribution < 1.29 is 27.5 Å². The molecule has 1 aliphatic carbocycles. The van der Waals surface area contributed by atoms with Gasteiger partial charge in [0, 0.05) is 37.7 Å². The van der Waals surface area contributed by atoms with Crippen molar-refractivity contribution in [3.8, 4) is 5.75 Å². The number of carbonyl (C=O) groups is 2. The molecule has 0 unspecified atom stereocenters. The van der Waals surface area contributed by atoms with E-state index < -0.39 is 65.2 Å². The van der Waals surface area contributed by atoms with Gasteiger partial charge in [-0.25, -0.2) is 13.2 Å². The number of aromatic nitrogens is 1. The molecule has 1 N–H and O–H groups in total. The maximum atomic E-state index is 14.6. The molecule has 1 aromatic heterocycles. The molecule has 39 heavy (non-hydrogen) atoms. The molecule has 11 heteroatoms. The van der Waals surface area contributed by atoms with E-state index in [4.69, 9.17) is 16.3 Å². The van der Waals surface area contributed by atoms with E-state index in [0.29, 0.717) is 5.56 Å². The zero-order valence-electron chi connectivity index (χ0n) is 20.9. The largest absolute Gasteiger partial charge is 0.483 e. The number of alkyl halides is 2. The number of pyridine rings is 1. The number of likely N-dealkylation sites (N-methyl/N-ethyl adjacent to an activating group) is 1. The molecule has 2 heterocycles. The lowest BCUT2D eigenvalue weighted by molar-refractivity contribution is 0.00126. The van der Waals surface area contributed by atoms with Gasteiger partial charge >= 0.3 is 0 Å². The Morgan fingerprint density at radius 2 is 1.82 bits per heavy atom. The second-order valence-corrected chi connectivity index (χ2v) is 10.0. The van der Waals surface area contributed by atoms with E-state index in [0.717, 1.165) is 6.20 Å². The highest BCUT2D eigenvalue weighted by Crippen LogP contribution is 2.47. The first-order valence-electron chi connectivity index (χ1n) is 12.5. The predicted octanol–water partition coefficient (Wildman–Crippen LogP) is 4.96. The van der Waals surface area contributed by atoms with Gasteiger partial charge in [0.1, 0.15) is 18.0 Å². The monoisotopic (exact) mass is 559 g/mol. The van der Waals surface area contributed by atoms with Crippen molar-refractivity contribution in [1.29, 1.82) is 0 Å². The zero-order chi connectivity index (χ0) is 27.9. The molecule has 2 aliphatic rings. The predicted molar refractivity (Wildman–Crippen MR) is 138 cm³/mol. The van der Waals surface area contributed by atoms with Gasteiger partial charge in [0.05, 0.1) is 17.1 Å². The second-order valence-electron chi connectivity index (χ2n) is 9.62. The quantitative estimate of drug-likeness (QED) is 0.443. The second kappa shape index (κ2) is 10.4. The standard InChI is InChI=1S/C28H25ClF3N3O4/c1-2-34-20-11-28(31,32)12-21(20)35-14-18(26(37)33-13-17-9-6-10-19(29)22(17)30)24(36)25(23(35)27(34)38)39-15-16-7-4-3-5-8-16/h3-10,14,20-21H,2,11-13,15H2,1H3,(H,33,37)/t20-,21+/m1/s1. The molecule has 0 radical (unpaired) electrons. The van der Waals surface area contributed by atoms with Gasteiger partial charge in [-0.05, 0) is 18.6 Å². The van der Waals surface area contributed by atoms with Crippen molar-refractivity contribution in [3.63, 3.8) is 0 Å². The Balaban J connectivity index is 1.58. The molecule has 0 bridgehead atoms. The first-order chi connectivity index (χ1) is 18.6. The number of halogens is 4. The van der Waals surface area contributed by atoms with Crippen molar-refractivity contribution in [2.45, 2.75) is 50.9 Å². The SMILES string of the molecule is CCN1C(=O)c2c(OCc3ccccc3)c(=O)c(C(=O)NCc3cccc(Cl)c3F)cn2[C@H]2CC(F)(F)C[C@H]21. The number of amides is 2. The molecule has 0 spiro atoms. The van der Waals surface area contributed by atoms with Crippen LogP contribution in [0.5, 0.6) is 5.75 Å². The van der Waals surface area contributed by atoms with E-state index >= 15 is 0 Å². The topological polar surface area (TPSA) is 80.6 Å². The number of rotatable bonds is 7. The fourth-order valence-corrected chi connectivity index (χ4v) is 5.49. The van der Waals surface area contributed by atoms with Gasteiger partial charge in [0.15, 0.2) is 11.4 Å². The van der Waals surface area contributed by atoms with Crippen LogP contribution in [0.15, 0.2) is 59.5 Å². The Morgan fingerprint density at radius 1 is 1.10 bits per heavy atom. The molecule has 3 aromatic rings. The summed E-state index contributed by atoms with van der Waals surface area (Å²) in [5.41, 5.74) is -0.652. The first kappa shape index (κ1) is 26.8. The summed E-state index contributed by atoms with van der Waals surface area (Å²) >= 11 is 5.81. The Hall–Kier alpha value is -3.79. The van der Waals surface area contributed by atoms with Crippen molar-refractivity contribution in [1.82, 2.24) is 14.8 Å². The Labute approximate surface area is 227 Å². The first-order valence-corrected chi connectivity index (χ1v) is 12.8. The van der Waals surface area contributed by atoms with Crippen molar-refractivity contribution in [2.75, 3.05) is 6.54 Å². The average molecular weight is 560 g/mol. The van der Waals surface area contributed by atoms with Crippen LogP contribution in [0.1, 0.15) is 57.8 Å². The van der Waals surface area contributed by atoms with E-state index in [1.165, 1.54) is 27.7 Å². The van der Waals surface area contributed by atoms with Crippen molar-refractivity contribution in [2.24, 2.45) is 0 Å². The lowest BCUT2D eigenvalue weighted by atomic mass is 10.0. The molecule has 2 atom stereocenters. The number of hydrogen-bond donors (Lipinski definition) is 1. The van der Waals surface area contributed by atoms with Gasteiger partial charge in [-0.15, -0.1) is 0 Å². The highest BCUT2D eigenvalue weighted by molar-refractivity contribution is 6.30. The highest BCUT2D eigenvalue weighted by Gasteiger charge is 2.54. The van der Waals surface area contributed by atoms with Crippen LogP contribution >= 0.6 is 11.6 Å². The Kier molecular flexibility index (Phi) is 7.15. The molecule has 2 amide bonds. The van der Waals surface area contributed by atoms with E-state index in [1.54, 1.807) is 37.3 Å². The van der Waals surface area contributed by atoms with Crippen LogP contribution in [0, 0.1) is 5.82 Å². The number of nitrogens with one attached hydrogen (secondary N) is 1. The van der Waals surface area contributed by atoms with Crippen molar-refractivity contribution in [3.05, 3.63) is 98.2 Å². The van der Waals surface area contributed by atoms with E-state index in [-0.39, 0.29) is 36.0 Å². The van der Waals surface area contributed by atoms with Crippen LogP contribution < -0.4 is 15.5 Å². The third kappa shape index (κ3) is 5.01. The molecule has 1 saturated carbocycles. The third-order valence-electron chi connectivity index (χ3n) is 7.16. The van der Waals surface area contributed by atoms with E-state index in [2.05, 4.69) is 5.32 Å². The molecular formula is C28H25ClF3N3O4. The van der Waals surface area contributed by atoms with Crippen LogP contribution in [0.25, 0.3) is 0 Å². The number of nitrogens with zero attached hydrogens (tertiary/aromatic N) is 2. The van der Waals surface area contributed by atoms with E-state index in [1.807, 2.05) is 0 Å². The highest BCUT2D eigenvalue weighted by atomic mass is 35.5. The van der Waals surface area contributed by atoms with Gasteiger partial charge in [-0.3, -0.25) is 14.4 Å². The van der Waals surface area contributed by atoms with Crippen LogP contribution in [0.4, 0.5) is 13.2 Å². The minimum Gasteiger partial charge on any atom is -0.483 e. The molecule has 1 fully saturated rings. The lowest BCUT2D eigenvalue weighted by Gasteiger charge is -2.39. The van der Waals surface area contributed by atoms with Gasteiger partial charge in [0.25, 0.3) is 17.7 Å². The third-order valence-corrected chi connectivity index (χ3v) is 7.45. The summed E-state index contributed by atoms with van der Waals surface area (Å²) in [7, 11) is 0. The Morgan fingerprint density at radius 3 is 2.54 bits per heavy atom. The fourth-order valence-electron chi connectivity index (χ4n) is 5.29. The number of hydrogen-bond acceptors (Lipinski definition) is 4. The smallest absolute Gasteiger partial charge is 0.274 e. The number of carbonyl (C=O) groups excluding carboxylic acids is 2. The summed E-state index contributed by atoms with van der Waals surface area (Å²) in [5.74, 6) is -5.63. The van der Waals surface area contributed by atoms with Gasteiger partial charge in [0.2, 0.25) is 5.43 Å². The minimum absolute atomic E-state index is 0.0917. The maximum absolute atomic E-state index is 14.6. The molecular weight excluding hydrogens is 535 g/mol.